The van der Waals surface area contributed by atoms with Gasteiger partial charge in [-0.15, -0.1) is 0 Å². The summed E-state index contributed by atoms with van der Waals surface area (Å²) in [6, 6.07) is 5.65. The van der Waals surface area contributed by atoms with Crippen molar-refractivity contribution in [2.45, 2.75) is 19.3 Å². The van der Waals surface area contributed by atoms with Gasteiger partial charge in [0.1, 0.15) is 5.76 Å². The lowest BCUT2D eigenvalue weighted by atomic mass is 10.2. The van der Waals surface area contributed by atoms with Gasteiger partial charge >= 0.3 is 0 Å². The highest BCUT2D eigenvalue weighted by Gasteiger charge is 2.47. The number of carbonyl (C=O) groups excluding carboxylic acids is 1. The van der Waals surface area contributed by atoms with Crippen molar-refractivity contribution < 1.29 is 13.9 Å². The van der Waals surface area contributed by atoms with Gasteiger partial charge in [0, 0.05) is 49.8 Å². The number of hydrogen-bond acceptors (Lipinski definition) is 6. The van der Waals surface area contributed by atoms with Crippen LogP contribution < -0.4 is 9.64 Å². The summed E-state index contributed by atoms with van der Waals surface area (Å²) < 4.78 is 10.6. The first-order valence-electron chi connectivity index (χ1n) is 8.62. The zero-order valence-corrected chi connectivity index (χ0v) is 14.5. The number of anilines is 1. The molecule has 1 aliphatic carbocycles. The Morgan fingerprint density at radius 1 is 1.28 bits per heavy atom. The first kappa shape index (κ1) is 15.9. The number of piperazine rings is 1. The lowest BCUT2D eigenvalue weighted by molar-refractivity contribution is -0.133. The van der Waals surface area contributed by atoms with Gasteiger partial charge in [0.25, 0.3) is 0 Å². The second-order valence-corrected chi connectivity index (χ2v) is 6.63. The molecule has 25 heavy (non-hydrogen) atoms. The van der Waals surface area contributed by atoms with Gasteiger partial charge in [0.15, 0.2) is 0 Å². The molecule has 3 heterocycles. The van der Waals surface area contributed by atoms with Crippen molar-refractivity contribution in [3.63, 3.8) is 0 Å². The van der Waals surface area contributed by atoms with Crippen LogP contribution in [0.1, 0.15) is 23.8 Å². The zero-order chi connectivity index (χ0) is 17.4. The maximum absolute atomic E-state index is 12.7. The Balaban J connectivity index is 1.36. The third kappa shape index (κ3) is 3.18. The lowest BCUT2D eigenvalue weighted by Gasteiger charge is -2.35. The average molecular weight is 342 g/mol. The summed E-state index contributed by atoms with van der Waals surface area (Å²) in [5, 5.41) is 0. The van der Waals surface area contributed by atoms with Gasteiger partial charge in [-0.25, -0.2) is 4.98 Å². The third-order valence-corrected chi connectivity index (χ3v) is 4.92. The van der Waals surface area contributed by atoms with E-state index in [-0.39, 0.29) is 17.7 Å². The van der Waals surface area contributed by atoms with Crippen LogP contribution in [-0.2, 0) is 4.79 Å². The van der Waals surface area contributed by atoms with Gasteiger partial charge in [-0.05, 0) is 25.5 Å². The van der Waals surface area contributed by atoms with E-state index in [1.54, 1.807) is 13.4 Å². The SMILES string of the molecule is COc1cc(C)nc(N2CCN(C(=O)[C@@H]3C[C@@H]3c3ccco3)CC2)n1. The number of amides is 1. The number of nitrogens with zero attached hydrogens (tertiary/aromatic N) is 4. The Morgan fingerprint density at radius 3 is 2.76 bits per heavy atom. The maximum Gasteiger partial charge on any atom is 0.228 e. The summed E-state index contributed by atoms with van der Waals surface area (Å²) in [7, 11) is 1.60. The molecule has 1 amide bonds. The van der Waals surface area contributed by atoms with E-state index in [1.807, 2.05) is 30.0 Å². The molecule has 0 aromatic carbocycles. The van der Waals surface area contributed by atoms with E-state index in [1.165, 1.54) is 0 Å². The highest BCUT2D eigenvalue weighted by atomic mass is 16.5. The zero-order valence-electron chi connectivity index (χ0n) is 14.5. The van der Waals surface area contributed by atoms with Crippen LogP contribution in [0.15, 0.2) is 28.9 Å². The molecule has 0 bridgehead atoms. The van der Waals surface area contributed by atoms with Crippen molar-refractivity contribution in [1.29, 1.82) is 0 Å². The summed E-state index contributed by atoms with van der Waals surface area (Å²) >= 11 is 0. The topological polar surface area (TPSA) is 71.7 Å². The van der Waals surface area contributed by atoms with Gasteiger partial charge in [-0.3, -0.25) is 4.79 Å². The monoisotopic (exact) mass is 342 g/mol. The van der Waals surface area contributed by atoms with Crippen molar-refractivity contribution in [2.75, 3.05) is 38.2 Å². The lowest BCUT2D eigenvalue weighted by Crippen LogP contribution is -2.49. The van der Waals surface area contributed by atoms with Crippen LogP contribution in [0.25, 0.3) is 0 Å². The van der Waals surface area contributed by atoms with Crippen LogP contribution in [0.3, 0.4) is 0 Å². The van der Waals surface area contributed by atoms with Crippen molar-refractivity contribution in [3.05, 3.63) is 35.9 Å². The average Bonchev–Trinajstić information content (AvgIpc) is 3.25. The molecule has 1 aliphatic heterocycles. The Bertz CT molecular complexity index is 754. The Morgan fingerprint density at radius 2 is 2.08 bits per heavy atom. The molecule has 1 saturated carbocycles. The Kier molecular flexibility index (Phi) is 4.07. The minimum atomic E-state index is 0.0769. The fourth-order valence-electron chi connectivity index (χ4n) is 3.42. The van der Waals surface area contributed by atoms with Crippen LogP contribution >= 0.6 is 0 Å². The molecule has 2 fully saturated rings. The summed E-state index contributed by atoms with van der Waals surface area (Å²) in [5.74, 6) is 2.74. The summed E-state index contributed by atoms with van der Waals surface area (Å²) in [6.45, 7) is 4.78. The molecule has 1 saturated heterocycles. The maximum atomic E-state index is 12.7. The fraction of sp³-hybridized carbons (Fsp3) is 0.500. The van der Waals surface area contributed by atoms with Gasteiger partial charge in [-0.2, -0.15) is 4.98 Å². The highest BCUT2D eigenvalue weighted by molar-refractivity contribution is 5.83. The minimum Gasteiger partial charge on any atom is -0.481 e. The summed E-state index contributed by atoms with van der Waals surface area (Å²) in [4.78, 5) is 25.6. The molecule has 4 rings (SSSR count). The van der Waals surface area contributed by atoms with Crippen LogP contribution in [0.5, 0.6) is 5.88 Å². The van der Waals surface area contributed by atoms with Crippen LogP contribution in [0.2, 0.25) is 0 Å². The second kappa shape index (κ2) is 6.38. The largest absolute Gasteiger partial charge is 0.481 e. The van der Waals surface area contributed by atoms with E-state index in [0.717, 1.165) is 31.0 Å². The number of aryl methyl sites for hydroxylation is 1. The Hall–Kier alpha value is -2.57. The quantitative estimate of drug-likeness (QED) is 0.844. The molecule has 7 nitrogen and oxygen atoms in total. The molecule has 0 N–H and O–H groups in total. The standard InChI is InChI=1S/C18H22N4O3/c1-12-10-16(24-2)20-18(19-12)22-7-5-21(6-8-22)17(23)14-11-13(14)15-4-3-9-25-15/h3-4,9-10,13-14H,5-8,11H2,1-2H3/t13-,14+/m0/s1. The summed E-state index contributed by atoms with van der Waals surface area (Å²) in [6.07, 6.45) is 2.56. The summed E-state index contributed by atoms with van der Waals surface area (Å²) in [5.41, 5.74) is 0.875. The number of carbonyl (C=O) groups is 1. The number of aromatic nitrogens is 2. The molecular weight excluding hydrogens is 320 g/mol. The van der Waals surface area contributed by atoms with E-state index in [2.05, 4.69) is 14.9 Å². The molecular formula is C18H22N4O3. The molecule has 2 aliphatic rings. The molecule has 0 spiro atoms. The third-order valence-electron chi connectivity index (χ3n) is 4.92. The Labute approximate surface area is 146 Å². The number of furan rings is 1. The van der Waals surface area contributed by atoms with Crippen LogP contribution in [0, 0.1) is 12.8 Å². The molecule has 2 atom stereocenters. The molecule has 0 radical (unpaired) electrons. The molecule has 132 valence electrons. The van der Waals surface area contributed by atoms with Gasteiger partial charge < -0.3 is 19.0 Å². The van der Waals surface area contributed by atoms with Crippen molar-refractivity contribution in [1.82, 2.24) is 14.9 Å². The number of hydrogen-bond donors (Lipinski definition) is 0. The number of methoxy groups -OCH3 is 1. The minimum absolute atomic E-state index is 0.0769. The normalized spacial score (nSPS) is 22.8. The van der Waals surface area contributed by atoms with E-state index in [9.17, 15) is 4.79 Å². The first-order valence-corrected chi connectivity index (χ1v) is 8.62. The van der Waals surface area contributed by atoms with Gasteiger partial charge in [-0.1, -0.05) is 0 Å². The van der Waals surface area contributed by atoms with Gasteiger partial charge in [0.2, 0.25) is 17.7 Å². The number of rotatable bonds is 4. The smallest absolute Gasteiger partial charge is 0.228 e. The van der Waals surface area contributed by atoms with Crippen molar-refractivity contribution >= 4 is 11.9 Å². The fourth-order valence-corrected chi connectivity index (χ4v) is 3.42. The predicted octanol–water partition coefficient (Wildman–Crippen LogP) is 1.84. The van der Waals surface area contributed by atoms with Crippen molar-refractivity contribution in [3.8, 4) is 5.88 Å². The first-order chi connectivity index (χ1) is 12.2. The van der Waals surface area contributed by atoms with E-state index >= 15 is 0 Å². The molecule has 7 heteroatoms. The van der Waals surface area contributed by atoms with E-state index in [4.69, 9.17) is 9.15 Å². The van der Waals surface area contributed by atoms with E-state index in [0.29, 0.717) is 24.9 Å². The van der Waals surface area contributed by atoms with Gasteiger partial charge in [0.05, 0.1) is 13.4 Å². The van der Waals surface area contributed by atoms with E-state index < -0.39 is 0 Å². The second-order valence-electron chi connectivity index (χ2n) is 6.63. The molecule has 0 unspecified atom stereocenters. The van der Waals surface area contributed by atoms with Crippen LogP contribution in [0.4, 0.5) is 5.95 Å². The highest BCUT2D eigenvalue weighted by Crippen LogP contribution is 2.48. The predicted molar refractivity (Wildman–Crippen MR) is 91.7 cm³/mol. The van der Waals surface area contributed by atoms with Crippen LogP contribution in [-0.4, -0.2) is 54.1 Å². The molecule has 2 aromatic rings. The van der Waals surface area contributed by atoms with Crippen molar-refractivity contribution in [2.24, 2.45) is 5.92 Å². The number of ether oxygens (including phenoxy) is 1. The molecule has 2 aromatic heterocycles.